The summed E-state index contributed by atoms with van der Waals surface area (Å²) in [6.45, 7) is 3.70. The van der Waals surface area contributed by atoms with E-state index in [1.807, 2.05) is 24.5 Å². The zero-order valence-electron chi connectivity index (χ0n) is 11.8. The molecule has 0 amide bonds. The Bertz CT molecular complexity index is 478. The van der Waals surface area contributed by atoms with Gasteiger partial charge >= 0.3 is 0 Å². The number of imidazole rings is 1. The van der Waals surface area contributed by atoms with Crippen LogP contribution in [0.1, 0.15) is 45.4 Å². The lowest BCUT2D eigenvalue weighted by atomic mass is 10.1. The smallest absolute Gasteiger partial charge is 0.124 e. The van der Waals surface area contributed by atoms with Crippen molar-refractivity contribution in [2.45, 2.75) is 52.2 Å². The first kappa shape index (κ1) is 14.1. The van der Waals surface area contributed by atoms with Gasteiger partial charge in [0, 0.05) is 6.61 Å². The quantitative estimate of drug-likeness (QED) is 0.626. The zero-order valence-corrected chi connectivity index (χ0v) is 11.8. The molecule has 1 heterocycles. The predicted octanol–water partition coefficient (Wildman–Crippen LogP) is 4.37. The average Bonchev–Trinajstić information content (AvgIpc) is 2.85. The Hall–Kier alpha value is -1.35. The van der Waals surface area contributed by atoms with Crippen LogP contribution in [0.25, 0.3) is 11.0 Å². The van der Waals surface area contributed by atoms with Gasteiger partial charge in [0.05, 0.1) is 17.4 Å². The summed E-state index contributed by atoms with van der Waals surface area (Å²) in [5.74, 6) is 0. The lowest BCUT2D eigenvalue weighted by Crippen LogP contribution is -2.02. The summed E-state index contributed by atoms with van der Waals surface area (Å²) in [6.07, 6.45) is 9.67. The topological polar surface area (TPSA) is 27.1 Å². The molecule has 1 aromatic carbocycles. The lowest BCUT2D eigenvalue weighted by Gasteiger charge is -2.06. The van der Waals surface area contributed by atoms with Crippen molar-refractivity contribution in [2.75, 3.05) is 6.61 Å². The molecule has 0 radical (unpaired) electrons. The van der Waals surface area contributed by atoms with Crippen molar-refractivity contribution >= 4 is 11.0 Å². The molecule has 0 aliphatic carbocycles. The van der Waals surface area contributed by atoms with Crippen LogP contribution < -0.4 is 0 Å². The molecule has 2 aromatic rings. The molecule has 0 aliphatic rings. The minimum absolute atomic E-state index is 0.607. The summed E-state index contributed by atoms with van der Waals surface area (Å²) in [4.78, 5) is 4.35. The highest BCUT2D eigenvalue weighted by molar-refractivity contribution is 5.74. The van der Waals surface area contributed by atoms with Gasteiger partial charge in [-0.1, -0.05) is 51.2 Å². The molecule has 3 nitrogen and oxygen atoms in total. The van der Waals surface area contributed by atoms with E-state index in [4.69, 9.17) is 4.74 Å². The van der Waals surface area contributed by atoms with Gasteiger partial charge in [-0.2, -0.15) is 0 Å². The molecule has 0 fully saturated rings. The number of hydrogen-bond donors (Lipinski definition) is 0. The van der Waals surface area contributed by atoms with E-state index in [2.05, 4.69) is 22.5 Å². The maximum absolute atomic E-state index is 5.72. The van der Waals surface area contributed by atoms with Crippen molar-refractivity contribution in [3.8, 4) is 0 Å². The third kappa shape index (κ3) is 4.35. The van der Waals surface area contributed by atoms with Crippen molar-refractivity contribution in [2.24, 2.45) is 0 Å². The van der Waals surface area contributed by atoms with Gasteiger partial charge in [0.1, 0.15) is 6.73 Å². The third-order valence-corrected chi connectivity index (χ3v) is 3.40. The first-order valence-electron chi connectivity index (χ1n) is 7.39. The number of ether oxygens (including phenoxy) is 1. The highest BCUT2D eigenvalue weighted by atomic mass is 16.5. The van der Waals surface area contributed by atoms with E-state index in [1.165, 1.54) is 32.1 Å². The van der Waals surface area contributed by atoms with Crippen LogP contribution in [0.2, 0.25) is 0 Å². The summed E-state index contributed by atoms with van der Waals surface area (Å²) in [7, 11) is 0. The van der Waals surface area contributed by atoms with Gasteiger partial charge in [0.25, 0.3) is 0 Å². The maximum atomic E-state index is 5.72. The van der Waals surface area contributed by atoms with Gasteiger partial charge < -0.3 is 9.30 Å². The maximum Gasteiger partial charge on any atom is 0.124 e. The Morgan fingerprint density at radius 3 is 2.74 bits per heavy atom. The molecule has 0 saturated carbocycles. The van der Waals surface area contributed by atoms with Gasteiger partial charge in [-0.05, 0) is 18.6 Å². The fraction of sp³-hybridized carbons (Fsp3) is 0.562. The number of hydrogen-bond acceptors (Lipinski definition) is 2. The molecule has 3 heteroatoms. The lowest BCUT2D eigenvalue weighted by molar-refractivity contribution is 0.0763. The predicted molar refractivity (Wildman–Crippen MR) is 79.1 cm³/mol. The molecule has 0 saturated heterocycles. The number of nitrogens with zero attached hydrogens (tertiary/aromatic N) is 2. The van der Waals surface area contributed by atoms with E-state index in [0.717, 1.165) is 24.1 Å². The Morgan fingerprint density at radius 1 is 1.05 bits per heavy atom. The number of unbranched alkanes of at least 4 members (excludes halogenated alkanes) is 5. The van der Waals surface area contributed by atoms with Crippen molar-refractivity contribution < 1.29 is 4.74 Å². The second kappa shape index (κ2) is 7.95. The second-order valence-corrected chi connectivity index (χ2v) is 5.01. The Balaban J connectivity index is 1.63. The SMILES string of the molecule is CCCCCCCCOCn1cnc2ccccc21. The molecule has 0 N–H and O–H groups in total. The zero-order chi connectivity index (χ0) is 13.3. The number of rotatable bonds is 9. The van der Waals surface area contributed by atoms with E-state index in [-0.39, 0.29) is 0 Å². The van der Waals surface area contributed by atoms with E-state index in [9.17, 15) is 0 Å². The van der Waals surface area contributed by atoms with Gasteiger partial charge in [0.2, 0.25) is 0 Å². The van der Waals surface area contributed by atoms with Crippen molar-refractivity contribution in [3.63, 3.8) is 0 Å². The molecular formula is C16H24N2O. The van der Waals surface area contributed by atoms with Gasteiger partial charge in [-0.25, -0.2) is 4.98 Å². The summed E-state index contributed by atoms with van der Waals surface area (Å²) in [5, 5.41) is 0. The molecule has 19 heavy (non-hydrogen) atoms. The fourth-order valence-electron chi connectivity index (χ4n) is 2.26. The number of para-hydroxylation sites is 2. The number of fused-ring (bicyclic) bond motifs is 1. The summed E-state index contributed by atoms with van der Waals surface area (Å²) in [5.41, 5.74) is 2.18. The van der Waals surface area contributed by atoms with E-state index < -0.39 is 0 Å². The summed E-state index contributed by atoms with van der Waals surface area (Å²) >= 11 is 0. The Kier molecular flexibility index (Phi) is 5.89. The Morgan fingerprint density at radius 2 is 1.84 bits per heavy atom. The van der Waals surface area contributed by atoms with Crippen molar-refractivity contribution in [1.29, 1.82) is 0 Å². The highest BCUT2D eigenvalue weighted by Gasteiger charge is 2.00. The van der Waals surface area contributed by atoms with Crippen molar-refractivity contribution in [1.82, 2.24) is 9.55 Å². The minimum atomic E-state index is 0.607. The third-order valence-electron chi connectivity index (χ3n) is 3.40. The van der Waals surface area contributed by atoms with Crippen LogP contribution in [0.15, 0.2) is 30.6 Å². The number of aromatic nitrogens is 2. The van der Waals surface area contributed by atoms with Crippen molar-refractivity contribution in [3.05, 3.63) is 30.6 Å². The molecule has 0 unspecified atom stereocenters. The van der Waals surface area contributed by atoms with E-state index in [0.29, 0.717) is 6.73 Å². The van der Waals surface area contributed by atoms with Crippen LogP contribution in [0, 0.1) is 0 Å². The molecule has 1 aromatic heterocycles. The number of benzene rings is 1. The van der Waals surface area contributed by atoms with E-state index >= 15 is 0 Å². The standard InChI is InChI=1S/C16H24N2O/c1-2-3-4-5-6-9-12-19-14-18-13-17-15-10-7-8-11-16(15)18/h7-8,10-11,13H,2-6,9,12,14H2,1H3. The summed E-state index contributed by atoms with van der Waals surface area (Å²) < 4.78 is 7.78. The molecular weight excluding hydrogens is 236 g/mol. The van der Waals surface area contributed by atoms with E-state index in [1.54, 1.807) is 0 Å². The average molecular weight is 260 g/mol. The Labute approximate surface area is 115 Å². The fourth-order valence-corrected chi connectivity index (χ4v) is 2.26. The molecule has 104 valence electrons. The first-order valence-corrected chi connectivity index (χ1v) is 7.39. The van der Waals surface area contributed by atoms with Gasteiger partial charge in [0.15, 0.2) is 0 Å². The van der Waals surface area contributed by atoms with Gasteiger partial charge in [-0.3, -0.25) is 0 Å². The van der Waals surface area contributed by atoms with Crippen LogP contribution >= 0.6 is 0 Å². The van der Waals surface area contributed by atoms with Crippen LogP contribution in [0.4, 0.5) is 0 Å². The van der Waals surface area contributed by atoms with Crippen LogP contribution in [0.3, 0.4) is 0 Å². The normalized spacial score (nSPS) is 11.2. The molecule has 0 spiro atoms. The molecule has 0 atom stereocenters. The van der Waals surface area contributed by atoms with Crippen LogP contribution in [0.5, 0.6) is 0 Å². The largest absolute Gasteiger partial charge is 0.361 e. The second-order valence-electron chi connectivity index (χ2n) is 5.01. The first-order chi connectivity index (χ1) is 9.42. The minimum Gasteiger partial charge on any atom is -0.361 e. The van der Waals surface area contributed by atoms with Gasteiger partial charge in [-0.15, -0.1) is 0 Å². The highest BCUT2D eigenvalue weighted by Crippen LogP contribution is 2.12. The molecule has 2 rings (SSSR count). The van der Waals surface area contributed by atoms with Crippen LogP contribution in [-0.4, -0.2) is 16.2 Å². The monoisotopic (exact) mass is 260 g/mol. The summed E-state index contributed by atoms with van der Waals surface area (Å²) in [6, 6.07) is 8.15. The van der Waals surface area contributed by atoms with Crippen LogP contribution in [-0.2, 0) is 11.5 Å². The molecule has 0 aliphatic heterocycles. The molecule has 0 bridgehead atoms.